The lowest BCUT2D eigenvalue weighted by Crippen LogP contribution is -2.27. The van der Waals surface area contributed by atoms with E-state index in [1.54, 1.807) is 7.11 Å². The smallest absolute Gasteiger partial charge is 0.0737 e. The van der Waals surface area contributed by atoms with Crippen molar-refractivity contribution in [3.63, 3.8) is 0 Å². The van der Waals surface area contributed by atoms with Crippen LogP contribution in [0.25, 0.3) is 0 Å². The van der Waals surface area contributed by atoms with Gasteiger partial charge >= 0.3 is 0 Å². The van der Waals surface area contributed by atoms with Crippen molar-refractivity contribution < 1.29 is 4.74 Å². The van der Waals surface area contributed by atoms with Crippen molar-refractivity contribution >= 4 is 22.6 Å². The molecule has 0 aliphatic heterocycles. The van der Waals surface area contributed by atoms with Crippen molar-refractivity contribution in [3.05, 3.63) is 0 Å². The van der Waals surface area contributed by atoms with Gasteiger partial charge < -0.3 is 4.74 Å². The van der Waals surface area contributed by atoms with Gasteiger partial charge in [-0.3, -0.25) is 0 Å². The van der Waals surface area contributed by atoms with Gasteiger partial charge in [0, 0.05) is 11.5 Å². The third-order valence-electron chi connectivity index (χ3n) is 1.52. The SMILES string of the molecule is CCC(C)(CI)OC. The molecule has 1 nitrogen and oxygen atoms in total. The molecule has 0 aliphatic carbocycles. The molecule has 0 heterocycles. The third-order valence-corrected chi connectivity index (χ3v) is 3.14. The lowest BCUT2D eigenvalue weighted by atomic mass is 10.1. The molecule has 0 aliphatic rings. The summed E-state index contributed by atoms with van der Waals surface area (Å²) in [6.45, 7) is 4.27. The Morgan fingerprint density at radius 3 is 2.12 bits per heavy atom. The van der Waals surface area contributed by atoms with Crippen molar-refractivity contribution in [1.29, 1.82) is 0 Å². The molecule has 0 bridgehead atoms. The van der Waals surface area contributed by atoms with E-state index in [2.05, 4.69) is 36.4 Å². The lowest BCUT2D eigenvalue weighted by molar-refractivity contribution is 0.0265. The van der Waals surface area contributed by atoms with E-state index < -0.39 is 0 Å². The van der Waals surface area contributed by atoms with Crippen LogP contribution in [0.5, 0.6) is 0 Å². The highest BCUT2D eigenvalue weighted by atomic mass is 127. The molecule has 2 heteroatoms. The number of methoxy groups -OCH3 is 1. The molecule has 0 N–H and O–H groups in total. The molecule has 0 saturated heterocycles. The van der Waals surface area contributed by atoms with E-state index in [-0.39, 0.29) is 5.60 Å². The summed E-state index contributed by atoms with van der Waals surface area (Å²) in [6, 6.07) is 0. The van der Waals surface area contributed by atoms with Gasteiger partial charge in [0.25, 0.3) is 0 Å². The molecule has 8 heavy (non-hydrogen) atoms. The van der Waals surface area contributed by atoms with E-state index in [0.29, 0.717) is 0 Å². The molecule has 0 aromatic heterocycles. The van der Waals surface area contributed by atoms with E-state index in [0.717, 1.165) is 10.8 Å². The van der Waals surface area contributed by atoms with E-state index in [4.69, 9.17) is 4.74 Å². The Kier molecular flexibility index (Phi) is 3.98. The molecule has 0 aromatic carbocycles. The second kappa shape index (κ2) is 3.67. The van der Waals surface area contributed by atoms with Gasteiger partial charge in [-0.15, -0.1) is 0 Å². The zero-order chi connectivity index (χ0) is 6.62. The topological polar surface area (TPSA) is 9.23 Å². The Morgan fingerprint density at radius 2 is 2.12 bits per heavy atom. The number of hydrogen-bond donors (Lipinski definition) is 0. The molecule has 0 aromatic rings. The second-order valence-electron chi connectivity index (χ2n) is 2.14. The summed E-state index contributed by atoms with van der Waals surface area (Å²) in [5.74, 6) is 0. The van der Waals surface area contributed by atoms with E-state index in [1.807, 2.05) is 0 Å². The first-order valence-electron chi connectivity index (χ1n) is 2.79. The van der Waals surface area contributed by atoms with E-state index >= 15 is 0 Å². The Labute approximate surface area is 64.9 Å². The summed E-state index contributed by atoms with van der Waals surface area (Å²) >= 11 is 2.34. The summed E-state index contributed by atoms with van der Waals surface area (Å²) in [7, 11) is 1.77. The van der Waals surface area contributed by atoms with Crippen LogP contribution < -0.4 is 0 Å². The van der Waals surface area contributed by atoms with Gasteiger partial charge in [-0.25, -0.2) is 0 Å². The molecular formula is C6H13IO. The standard InChI is InChI=1S/C6H13IO/c1-4-6(2,5-7)8-3/h4-5H2,1-3H3. The maximum atomic E-state index is 5.23. The first-order chi connectivity index (χ1) is 3.68. The van der Waals surface area contributed by atoms with Crippen molar-refractivity contribution in [1.82, 2.24) is 0 Å². The van der Waals surface area contributed by atoms with Crippen LogP contribution in [0.1, 0.15) is 20.3 Å². The molecule has 0 radical (unpaired) electrons. The first-order valence-corrected chi connectivity index (χ1v) is 4.32. The highest BCUT2D eigenvalue weighted by molar-refractivity contribution is 14.1. The van der Waals surface area contributed by atoms with Gasteiger partial charge in [-0.1, -0.05) is 29.5 Å². The highest BCUT2D eigenvalue weighted by Gasteiger charge is 2.17. The highest BCUT2D eigenvalue weighted by Crippen LogP contribution is 2.16. The summed E-state index contributed by atoms with van der Waals surface area (Å²) in [5.41, 5.74) is 0.112. The van der Waals surface area contributed by atoms with Gasteiger partial charge in [-0.2, -0.15) is 0 Å². The molecule has 1 unspecified atom stereocenters. The van der Waals surface area contributed by atoms with Crippen molar-refractivity contribution in [2.24, 2.45) is 0 Å². The van der Waals surface area contributed by atoms with Crippen molar-refractivity contribution in [2.75, 3.05) is 11.5 Å². The normalized spacial score (nSPS) is 18.0. The average molecular weight is 228 g/mol. The lowest BCUT2D eigenvalue weighted by Gasteiger charge is -2.23. The van der Waals surface area contributed by atoms with E-state index in [1.165, 1.54) is 0 Å². The van der Waals surface area contributed by atoms with Gasteiger partial charge in [0.15, 0.2) is 0 Å². The largest absolute Gasteiger partial charge is 0.378 e. The van der Waals surface area contributed by atoms with Crippen LogP contribution in [-0.2, 0) is 4.74 Å². The molecular weight excluding hydrogens is 215 g/mol. The first kappa shape index (κ1) is 8.69. The van der Waals surface area contributed by atoms with Crippen LogP contribution in [-0.4, -0.2) is 17.1 Å². The molecule has 0 rings (SSSR count). The summed E-state index contributed by atoms with van der Waals surface area (Å²) in [4.78, 5) is 0. The Morgan fingerprint density at radius 1 is 1.62 bits per heavy atom. The van der Waals surface area contributed by atoms with Crippen molar-refractivity contribution in [2.45, 2.75) is 25.9 Å². The van der Waals surface area contributed by atoms with Crippen molar-refractivity contribution in [3.8, 4) is 0 Å². The summed E-state index contributed by atoms with van der Waals surface area (Å²) in [6.07, 6.45) is 1.09. The number of hydrogen-bond acceptors (Lipinski definition) is 1. The quantitative estimate of drug-likeness (QED) is 0.531. The Balaban J connectivity index is 3.58. The minimum Gasteiger partial charge on any atom is -0.378 e. The van der Waals surface area contributed by atoms with Crippen LogP contribution >= 0.6 is 22.6 Å². The third kappa shape index (κ3) is 2.31. The monoisotopic (exact) mass is 228 g/mol. The zero-order valence-electron chi connectivity index (χ0n) is 5.70. The number of ether oxygens (including phenoxy) is 1. The maximum absolute atomic E-state index is 5.23. The number of halogens is 1. The Hall–Kier alpha value is 0.690. The number of rotatable bonds is 3. The van der Waals surface area contributed by atoms with Gasteiger partial charge in [0.2, 0.25) is 0 Å². The predicted molar refractivity (Wildman–Crippen MR) is 44.6 cm³/mol. The minimum absolute atomic E-state index is 0.112. The van der Waals surface area contributed by atoms with Crippen LogP contribution in [0, 0.1) is 0 Å². The summed E-state index contributed by atoms with van der Waals surface area (Å²) < 4.78 is 6.30. The van der Waals surface area contributed by atoms with Crippen LogP contribution in [0.3, 0.4) is 0 Å². The van der Waals surface area contributed by atoms with E-state index in [9.17, 15) is 0 Å². The molecule has 0 spiro atoms. The fraction of sp³-hybridized carbons (Fsp3) is 1.00. The summed E-state index contributed by atoms with van der Waals surface area (Å²) in [5, 5.41) is 0. The van der Waals surface area contributed by atoms with Gasteiger partial charge in [-0.05, 0) is 13.3 Å². The van der Waals surface area contributed by atoms with Crippen LogP contribution in [0.15, 0.2) is 0 Å². The second-order valence-corrected chi connectivity index (χ2v) is 2.90. The minimum atomic E-state index is 0.112. The fourth-order valence-electron chi connectivity index (χ4n) is 0.293. The van der Waals surface area contributed by atoms with Crippen LogP contribution in [0.2, 0.25) is 0 Å². The zero-order valence-corrected chi connectivity index (χ0v) is 7.86. The molecule has 0 fully saturated rings. The molecule has 0 saturated carbocycles. The maximum Gasteiger partial charge on any atom is 0.0737 e. The number of alkyl halides is 1. The predicted octanol–water partition coefficient (Wildman–Crippen LogP) is 2.24. The molecule has 50 valence electrons. The fourth-order valence-corrected chi connectivity index (χ4v) is 1.14. The van der Waals surface area contributed by atoms with Crippen LogP contribution in [0.4, 0.5) is 0 Å². The van der Waals surface area contributed by atoms with Gasteiger partial charge in [0.1, 0.15) is 0 Å². The average Bonchev–Trinajstić information content (AvgIpc) is 1.87. The van der Waals surface area contributed by atoms with Gasteiger partial charge in [0.05, 0.1) is 5.60 Å². The molecule has 1 atom stereocenters. The molecule has 0 amide bonds. The Bertz CT molecular complexity index is 51.3.